The normalized spacial score (nSPS) is 11.9. The lowest BCUT2D eigenvalue weighted by atomic mass is 9.81. The smallest absolute Gasteiger partial charge is 0.168 e. The van der Waals surface area contributed by atoms with Crippen molar-refractivity contribution in [3.8, 4) is 0 Å². The second-order valence-corrected chi connectivity index (χ2v) is 5.86. The van der Waals surface area contributed by atoms with Gasteiger partial charge in [0.2, 0.25) is 0 Å². The predicted molar refractivity (Wildman–Crippen MR) is 73.4 cm³/mol. The molecule has 17 heavy (non-hydrogen) atoms. The van der Waals surface area contributed by atoms with Gasteiger partial charge in [0.25, 0.3) is 0 Å². The maximum absolute atomic E-state index is 12.3. The average molecular weight is 232 g/mol. The minimum Gasteiger partial charge on any atom is -0.294 e. The maximum atomic E-state index is 12.3. The number of hydrogen-bond acceptors (Lipinski definition) is 1. The van der Waals surface area contributed by atoms with Gasteiger partial charge in [-0.25, -0.2) is 0 Å². The Hall–Kier alpha value is -1.11. The molecule has 0 unspecified atom stereocenters. The zero-order chi connectivity index (χ0) is 13.1. The molecule has 0 saturated heterocycles. The Balaban J connectivity index is 2.96. The van der Waals surface area contributed by atoms with Crippen LogP contribution in [0.3, 0.4) is 0 Å². The molecule has 0 atom stereocenters. The minimum atomic E-state index is -0.254. The summed E-state index contributed by atoms with van der Waals surface area (Å²) in [4.78, 5) is 12.3. The quantitative estimate of drug-likeness (QED) is 0.683. The van der Waals surface area contributed by atoms with Crippen molar-refractivity contribution in [1.29, 1.82) is 0 Å². The fourth-order valence-electron chi connectivity index (χ4n) is 1.86. The van der Waals surface area contributed by atoms with Crippen molar-refractivity contribution in [2.45, 2.75) is 47.5 Å². The molecule has 0 aromatic heterocycles. The van der Waals surface area contributed by atoms with Crippen LogP contribution in [0.1, 0.15) is 57.0 Å². The van der Waals surface area contributed by atoms with Gasteiger partial charge >= 0.3 is 0 Å². The molecule has 0 amide bonds. The SMILES string of the molecule is CCC(C)(C)C(=O)c1cccc(CC(C)C)c1. The average Bonchev–Trinajstić information content (AvgIpc) is 2.27. The summed E-state index contributed by atoms with van der Waals surface area (Å²) in [7, 11) is 0. The number of Topliss-reactive ketones (excluding diaryl/α,β-unsaturated/α-hetero) is 1. The Labute approximate surface area is 105 Å². The van der Waals surface area contributed by atoms with Crippen molar-refractivity contribution < 1.29 is 4.79 Å². The highest BCUT2D eigenvalue weighted by Gasteiger charge is 2.26. The van der Waals surface area contributed by atoms with Gasteiger partial charge in [-0.05, 0) is 30.4 Å². The van der Waals surface area contributed by atoms with E-state index >= 15 is 0 Å². The van der Waals surface area contributed by atoms with Gasteiger partial charge < -0.3 is 0 Å². The van der Waals surface area contributed by atoms with E-state index in [4.69, 9.17) is 0 Å². The first-order valence-electron chi connectivity index (χ1n) is 6.50. The van der Waals surface area contributed by atoms with E-state index in [0.29, 0.717) is 5.92 Å². The molecule has 1 nitrogen and oxygen atoms in total. The summed E-state index contributed by atoms with van der Waals surface area (Å²) in [6.07, 6.45) is 1.91. The van der Waals surface area contributed by atoms with E-state index < -0.39 is 0 Å². The standard InChI is InChI=1S/C16H24O/c1-6-16(4,5)15(17)14-9-7-8-13(11-14)10-12(2)3/h7-9,11-12H,6,10H2,1-5H3. The number of hydrogen-bond donors (Lipinski definition) is 0. The summed E-state index contributed by atoms with van der Waals surface area (Å²) in [5.74, 6) is 0.880. The number of rotatable bonds is 5. The third kappa shape index (κ3) is 3.69. The first kappa shape index (κ1) is 14.0. The lowest BCUT2D eigenvalue weighted by Gasteiger charge is -2.21. The summed E-state index contributed by atoms with van der Waals surface area (Å²) < 4.78 is 0. The van der Waals surface area contributed by atoms with Gasteiger partial charge in [0.1, 0.15) is 0 Å². The molecule has 1 heteroatoms. The van der Waals surface area contributed by atoms with Gasteiger partial charge in [0.05, 0.1) is 0 Å². The van der Waals surface area contributed by atoms with Crippen LogP contribution in [0.5, 0.6) is 0 Å². The number of benzene rings is 1. The largest absolute Gasteiger partial charge is 0.294 e. The molecule has 0 radical (unpaired) electrons. The minimum absolute atomic E-state index is 0.254. The summed E-state index contributed by atoms with van der Waals surface area (Å²) in [5, 5.41) is 0. The van der Waals surface area contributed by atoms with Gasteiger partial charge in [-0.3, -0.25) is 4.79 Å². The van der Waals surface area contributed by atoms with Crippen molar-refractivity contribution in [2.75, 3.05) is 0 Å². The molecule has 0 spiro atoms. The van der Waals surface area contributed by atoms with Crippen LogP contribution < -0.4 is 0 Å². The van der Waals surface area contributed by atoms with Crippen LogP contribution in [0.4, 0.5) is 0 Å². The number of ketones is 1. The van der Waals surface area contributed by atoms with Gasteiger partial charge in [-0.1, -0.05) is 52.8 Å². The second-order valence-electron chi connectivity index (χ2n) is 5.86. The highest BCUT2D eigenvalue weighted by molar-refractivity contribution is 6.00. The zero-order valence-electron chi connectivity index (χ0n) is 11.7. The van der Waals surface area contributed by atoms with Gasteiger partial charge in [-0.15, -0.1) is 0 Å². The Morgan fingerprint density at radius 3 is 2.47 bits per heavy atom. The summed E-state index contributed by atoms with van der Waals surface area (Å²) >= 11 is 0. The lowest BCUT2D eigenvalue weighted by molar-refractivity contribution is 0.0833. The molecule has 1 aromatic carbocycles. The fraction of sp³-hybridized carbons (Fsp3) is 0.562. The molecule has 1 aromatic rings. The molecular weight excluding hydrogens is 208 g/mol. The third-order valence-electron chi connectivity index (χ3n) is 3.33. The molecule has 0 aliphatic rings. The molecule has 0 bridgehead atoms. The van der Waals surface area contributed by atoms with Gasteiger partial charge in [-0.2, -0.15) is 0 Å². The van der Waals surface area contributed by atoms with Crippen molar-refractivity contribution >= 4 is 5.78 Å². The fourth-order valence-corrected chi connectivity index (χ4v) is 1.86. The zero-order valence-corrected chi connectivity index (χ0v) is 11.7. The predicted octanol–water partition coefficient (Wildman–Crippen LogP) is 4.50. The number of carbonyl (C=O) groups is 1. The van der Waals surface area contributed by atoms with Crippen molar-refractivity contribution in [2.24, 2.45) is 11.3 Å². The highest BCUT2D eigenvalue weighted by Crippen LogP contribution is 2.26. The van der Waals surface area contributed by atoms with Crippen LogP contribution in [0.25, 0.3) is 0 Å². The Bertz CT molecular complexity index is 388. The van der Waals surface area contributed by atoms with Crippen molar-refractivity contribution in [3.05, 3.63) is 35.4 Å². The van der Waals surface area contributed by atoms with Crippen molar-refractivity contribution in [1.82, 2.24) is 0 Å². The summed E-state index contributed by atoms with van der Waals surface area (Å²) in [6.45, 7) is 10.5. The molecule has 0 saturated carbocycles. The highest BCUT2D eigenvalue weighted by atomic mass is 16.1. The van der Waals surface area contributed by atoms with Crippen LogP contribution in [0.2, 0.25) is 0 Å². The molecule has 94 valence electrons. The molecule has 0 heterocycles. The summed E-state index contributed by atoms with van der Waals surface area (Å²) in [5.41, 5.74) is 1.86. The van der Waals surface area contributed by atoms with E-state index in [1.165, 1.54) is 5.56 Å². The maximum Gasteiger partial charge on any atom is 0.168 e. The van der Waals surface area contributed by atoms with Gasteiger partial charge in [0.15, 0.2) is 5.78 Å². The molecule has 0 aliphatic carbocycles. The van der Waals surface area contributed by atoms with E-state index in [0.717, 1.165) is 18.4 Å². The van der Waals surface area contributed by atoms with E-state index in [1.54, 1.807) is 0 Å². The van der Waals surface area contributed by atoms with Crippen LogP contribution in [-0.4, -0.2) is 5.78 Å². The Kier molecular flexibility index (Phi) is 4.50. The third-order valence-corrected chi connectivity index (χ3v) is 3.33. The lowest BCUT2D eigenvalue weighted by Crippen LogP contribution is -2.23. The van der Waals surface area contributed by atoms with Crippen LogP contribution in [0, 0.1) is 11.3 Å². The first-order valence-corrected chi connectivity index (χ1v) is 6.50. The van der Waals surface area contributed by atoms with Crippen LogP contribution in [0.15, 0.2) is 24.3 Å². The molecule has 1 rings (SSSR count). The molecule has 0 N–H and O–H groups in total. The van der Waals surface area contributed by atoms with E-state index in [-0.39, 0.29) is 11.2 Å². The second kappa shape index (κ2) is 5.48. The molecule has 0 aliphatic heterocycles. The monoisotopic (exact) mass is 232 g/mol. The van der Waals surface area contributed by atoms with E-state index in [9.17, 15) is 4.79 Å². The van der Waals surface area contributed by atoms with Crippen LogP contribution in [-0.2, 0) is 6.42 Å². The topological polar surface area (TPSA) is 17.1 Å². The molecular formula is C16H24O. The number of carbonyl (C=O) groups excluding carboxylic acids is 1. The van der Waals surface area contributed by atoms with Gasteiger partial charge in [0, 0.05) is 11.0 Å². The van der Waals surface area contributed by atoms with E-state index in [1.807, 2.05) is 26.0 Å². The Morgan fingerprint density at radius 1 is 1.29 bits per heavy atom. The Morgan fingerprint density at radius 2 is 1.94 bits per heavy atom. The molecule has 0 fully saturated rings. The summed E-state index contributed by atoms with van der Waals surface area (Å²) in [6, 6.07) is 8.09. The first-order chi connectivity index (χ1) is 7.86. The van der Waals surface area contributed by atoms with E-state index in [2.05, 4.69) is 32.9 Å². The van der Waals surface area contributed by atoms with Crippen molar-refractivity contribution in [3.63, 3.8) is 0 Å². The van der Waals surface area contributed by atoms with Crippen LogP contribution >= 0.6 is 0 Å².